The van der Waals surface area contributed by atoms with E-state index in [1.807, 2.05) is 0 Å². The van der Waals surface area contributed by atoms with Gasteiger partial charge in [-0.1, -0.05) is 184 Å². The Balaban J connectivity index is 1.16. The summed E-state index contributed by atoms with van der Waals surface area (Å²) in [6.45, 7) is 3.02. The van der Waals surface area contributed by atoms with Crippen LogP contribution in [0.4, 0.5) is 0 Å². The van der Waals surface area contributed by atoms with Crippen LogP contribution in [0.2, 0.25) is 0 Å². The van der Waals surface area contributed by atoms with Crippen molar-refractivity contribution < 1.29 is 4.74 Å². The molecule has 0 atom stereocenters. The van der Waals surface area contributed by atoms with Crippen LogP contribution in [0.5, 0.6) is 5.75 Å². The smallest absolute Gasteiger partial charge is 0.128 e. The second kappa shape index (κ2) is 13.9. The number of benzene rings is 8. The van der Waals surface area contributed by atoms with Gasteiger partial charge >= 0.3 is 0 Å². The molecule has 1 nitrogen and oxygen atoms in total. The molecule has 0 amide bonds. The molecule has 1 heteroatoms. The fourth-order valence-corrected chi connectivity index (χ4v) is 11.6. The number of unbranched alkanes of at least 4 members (excludes halogenated alkanes) is 5. The van der Waals surface area contributed by atoms with Crippen LogP contribution in [0.3, 0.4) is 0 Å². The van der Waals surface area contributed by atoms with Gasteiger partial charge in [0.05, 0.1) is 6.61 Å². The topological polar surface area (TPSA) is 9.23 Å². The fourth-order valence-electron chi connectivity index (χ4n) is 11.6. The van der Waals surface area contributed by atoms with Crippen molar-refractivity contribution in [2.75, 3.05) is 6.61 Å². The van der Waals surface area contributed by atoms with Gasteiger partial charge in [-0.15, -0.1) is 0 Å². The van der Waals surface area contributed by atoms with E-state index in [9.17, 15) is 0 Å². The minimum Gasteiger partial charge on any atom is -0.493 e. The van der Waals surface area contributed by atoms with E-state index in [-0.39, 0.29) is 23.7 Å². The Bertz CT molecular complexity index is 2840. The van der Waals surface area contributed by atoms with Crippen LogP contribution in [-0.4, -0.2) is 6.61 Å². The molecule has 0 radical (unpaired) electrons. The highest BCUT2D eigenvalue weighted by Crippen LogP contribution is 2.66. The summed E-state index contributed by atoms with van der Waals surface area (Å²) in [4.78, 5) is 0. The van der Waals surface area contributed by atoms with Crippen LogP contribution in [0.25, 0.3) is 21.5 Å². The molecule has 0 heterocycles. The summed E-state index contributed by atoms with van der Waals surface area (Å²) >= 11 is 0. The Kier molecular flexibility index (Phi) is 8.16. The zero-order chi connectivity index (χ0) is 39.0. The molecule has 0 aromatic heterocycles. The summed E-state index contributed by atoms with van der Waals surface area (Å²) in [7, 11) is 0. The minimum atomic E-state index is 0.0656. The number of hydrogen-bond acceptors (Lipinski definition) is 1. The first-order valence-corrected chi connectivity index (χ1v) is 21.9. The summed E-state index contributed by atoms with van der Waals surface area (Å²) in [6.07, 6.45) is 7.40. The Morgan fingerprint density at radius 3 is 1.34 bits per heavy atom. The van der Waals surface area contributed by atoms with Crippen LogP contribution in [0, 0.1) is 11.8 Å². The lowest BCUT2D eigenvalue weighted by Gasteiger charge is -2.48. The number of fused-ring (bicyclic) bond motifs is 2. The fraction of sp³-hybridized carbons (Fsp3) is 0.207. The van der Waals surface area contributed by atoms with Crippen LogP contribution >= 0.6 is 0 Å². The van der Waals surface area contributed by atoms with Gasteiger partial charge in [-0.3, -0.25) is 0 Å². The van der Waals surface area contributed by atoms with Crippen molar-refractivity contribution in [3.05, 3.63) is 230 Å². The van der Waals surface area contributed by atoms with Crippen molar-refractivity contribution in [3.63, 3.8) is 0 Å². The quantitative estimate of drug-likeness (QED) is 0.0852. The van der Waals surface area contributed by atoms with E-state index < -0.39 is 0 Å². The van der Waals surface area contributed by atoms with Gasteiger partial charge in [0.2, 0.25) is 0 Å². The van der Waals surface area contributed by atoms with Crippen molar-refractivity contribution in [1.82, 2.24) is 0 Å². The van der Waals surface area contributed by atoms with Crippen molar-refractivity contribution in [3.8, 4) is 17.6 Å². The summed E-state index contributed by atoms with van der Waals surface area (Å²) in [6, 6.07) is 56.9. The van der Waals surface area contributed by atoms with E-state index in [0.29, 0.717) is 0 Å². The number of hydrogen-bond donors (Lipinski definition) is 0. The average Bonchev–Trinajstić information content (AvgIpc) is 3.29. The molecule has 8 aromatic rings. The first kappa shape index (κ1) is 34.7. The Morgan fingerprint density at radius 2 is 0.831 bits per heavy atom. The highest BCUT2D eigenvalue weighted by atomic mass is 16.5. The van der Waals surface area contributed by atoms with Gasteiger partial charge in [-0.25, -0.2) is 0 Å². The molecule has 0 N–H and O–H groups in total. The summed E-state index contributed by atoms with van der Waals surface area (Å²) in [5.41, 5.74) is 19.0. The van der Waals surface area contributed by atoms with E-state index in [1.54, 1.807) is 0 Å². The predicted octanol–water partition coefficient (Wildman–Crippen LogP) is 14.1. The molecule has 14 rings (SSSR count). The first-order chi connectivity index (χ1) is 29.3. The summed E-state index contributed by atoms with van der Waals surface area (Å²) < 4.78 is 7.44. The van der Waals surface area contributed by atoms with Gasteiger partial charge in [0.15, 0.2) is 0 Å². The number of ether oxygens (including phenoxy) is 1. The second-order valence-electron chi connectivity index (χ2n) is 17.2. The molecule has 284 valence electrons. The van der Waals surface area contributed by atoms with Crippen molar-refractivity contribution in [2.45, 2.75) is 69.1 Å². The van der Waals surface area contributed by atoms with Gasteiger partial charge < -0.3 is 4.74 Å². The largest absolute Gasteiger partial charge is 0.493 e. The highest BCUT2D eigenvalue weighted by molar-refractivity contribution is 6.00. The molecule has 6 aliphatic carbocycles. The van der Waals surface area contributed by atoms with Crippen molar-refractivity contribution >= 4 is 21.5 Å². The Labute approximate surface area is 347 Å². The van der Waals surface area contributed by atoms with Gasteiger partial charge in [0, 0.05) is 45.9 Å². The average molecular weight is 759 g/mol. The van der Waals surface area contributed by atoms with Gasteiger partial charge in [0.1, 0.15) is 5.75 Å². The van der Waals surface area contributed by atoms with Crippen LogP contribution in [0.15, 0.2) is 152 Å². The molecule has 0 unspecified atom stereocenters. The van der Waals surface area contributed by atoms with Crippen molar-refractivity contribution in [2.24, 2.45) is 0 Å². The maximum Gasteiger partial charge on any atom is 0.128 e. The lowest BCUT2D eigenvalue weighted by atomic mass is 9.54. The third-order valence-corrected chi connectivity index (χ3v) is 14.0. The lowest BCUT2D eigenvalue weighted by Crippen LogP contribution is -2.34. The Hall–Kier alpha value is -6.36. The van der Waals surface area contributed by atoms with Crippen LogP contribution < -0.4 is 4.74 Å². The zero-order valence-corrected chi connectivity index (χ0v) is 33.6. The predicted molar refractivity (Wildman–Crippen MR) is 242 cm³/mol. The molecule has 59 heavy (non-hydrogen) atoms. The molecule has 0 saturated carbocycles. The van der Waals surface area contributed by atoms with Crippen LogP contribution in [0.1, 0.15) is 147 Å². The highest BCUT2D eigenvalue weighted by Gasteiger charge is 2.51. The van der Waals surface area contributed by atoms with E-state index >= 15 is 0 Å². The minimum absolute atomic E-state index is 0.0656. The van der Waals surface area contributed by atoms with Gasteiger partial charge in [0.25, 0.3) is 0 Å². The first-order valence-electron chi connectivity index (χ1n) is 21.9. The third-order valence-electron chi connectivity index (χ3n) is 14.0. The molecule has 8 aromatic carbocycles. The molecule has 0 saturated heterocycles. The zero-order valence-electron chi connectivity index (χ0n) is 33.6. The van der Waals surface area contributed by atoms with E-state index in [0.717, 1.165) is 24.3 Å². The maximum absolute atomic E-state index is 7.44. The summed E-state index contributed by atoms with van der Waals surface area (Å²) in [5, 5.41) is 4.93. The van der Waals surface area contributed by atoms with E-state index in [2.05, 4.69) is 170 Å². The standard InChI is InChI=1S/C58H46O/c1-2-3-4-5-6-17-33-59-58-56-52-44-27-13-9-23-40(44)50(41-24-10-14-28-45(41)52)54(56)48(32-31-36-21-18-22-39-34-37-19-7-8-20-38(37)35-49(36)39)55-51-42-25-11-15-29-46(42)53(57(55)58)47-30-16-12-26-43(47)51/h7-16,18-30,34-35,50-53H,2-6,17,33H2,1H3. The summed E-state index contributed by atoms with van der Waals surface area (Å²) in [5.74, 6) is 9.36. The molecular weight excluding hydrogens is 713 g/mol. The maximum atomic E-state index is 7.44. The molecule has 6 aliphatic rings. The monoisotopic (exact) mass is 758 g/mol. The van der Waals surface area contributed by atoms with Gasteiger partial charge in [-0.05, 0) is 102 Å². The SMILES string of the molecule is CCCCCCCCOc1c2c(c(C#Cc3cccc4cc5ccccc5cc34)c3c1C1c4ccccc4C3c3ccccc31)C1c3ccccc3C2c2ccccc21. The van der Waals surface area contributed by atoms with Crippen LogP contribution in [-0.2, 0) is 0 Å². The molecule has 4 bridgehead atoms. The molecule has 0 aliphatic heterocycles. The lowest BCUT2D eigenvalue weighted by molar-refractivity contribution is 0.295. The number of rotatable bonds is 8. The molecule has 0 fully saturated rings. The van der Waals surface area contributed by atoms with E-state index in [1.165, 1.54) is 126 Å². The third kappa shape index (κ3) is 5.19. The van der Waals surface area contributed by atoms with Crippen molar-refractivity contribution in [1.29, 1.82) is 0 Å². The molecular formula is C58H46O. The molecule has 0 spiro atoms. The van der Waals surface area contributed by atoms with Gasteiger partial charge in [-0.2, -0.15) is 0 Å². The Morgan fingerprint density at radius 1 is 0.407 bits per heavy atom. The normalized spacial score (nSPS) is 18.3. The van der Waals surface area contributed by atoms with E-state index in [4.69, 9.17) is 4.74 Å². The second-order valence-corrected chi connectivity index (χ2v) is 17.2.